The minimum Gasteiger partial charge on any atom is -0.494 e. The minimum absolute atomic E-state index is 0.00778. The van der Waals surface area contributed by atoms with Crippen LogP contribution in [0.15, 0.2) is 36.4 Å². The van der Waals surface area contributed by atoms with Gasteiger partial charge < -0.3 is 10.1 Å². The van der Waals surface area contributed by atoms with Crippen molar-refractivity contribution in [1.29, 1.82) is 0 Å². The molecule has 132 valence electrons. The van der Waals surface area contributed by atoms with Crippen LogP contribution in [0.25, 0.3) is 0 Å². The van der Waals surface area contributed by atoms with Crippen molar-refractivity contribution in [3.8, 4) is 5.75 Å². The molecule has 3 nitrogen and oxygen atoms in total. The number of amides is 1. The first kappa shape index (κ1) is 17.5. The van der Waals surface area contributed by atoms with Gasteiger partial charge in [-0.25, -0.2) is 0 Å². The second-order valence-corrected chi connectivity index (χ2v) is 6.84. The Morgan fingerprint density at radius 3 is 2.60 bits per heavy atom. The van der Waals surface area contributed by atoms with Gasteiger partial charge in [-0.2, -0.15) is 0 Å². The fraction of sp³-hybridized carbons (Fsp3) is 0.409. The van der Waals surface area contributed by atoms with E-state index in [2.05, 4.69) is 23.5 Å². The van der Waals surface area contributed by atoms with E-state index in [0.29, 0.717) is 12.2 Å². The molecule has 0 radical (unpaired) electrons. The lowest BCUT2D eigenvalue weighted by Crippen LogP contribution is -2.27. The van der Waals surface area contributed by atoms with E-state index in [0.717, 1.165) is 17.7 Å². The van der Waals surface area contributed by atoms with E-state index in [1.54, 1.807) is 0 Å². The Morgan fingerprint density at radius 1 is 1.12 bits per heavy atom. The first-order chi connectivity index (χ1) is 12.1. The van der Waals surface area contributed by atoms with Crippen LogP contribution in [-0.4, -0.2) is 12.5 Å². The summed E-state index contributed by atoms with van der Waals surface area (Å²) in [6.45, 7) is 6.60. The maximum atomic E-state index is 12.6. The highest BCUT2D eigenvalue weighted by atomic mass is 16.5. The van der Waals surface area contributed by atoms with Gasteiger partial charge in [-0.1, -0.05) is 18.2 Å². The number of nitrogens with one attached hydrogen (secondary N) is 1. The molecule has 0 heterocycles. The van der Waals surface area contributed by atoms with E-state index < -0.39 is 0 Å². The zero-order chi connectivity index (χ0) is 17.8. The predicted molar refractivity (Wildman–Crippen MR) is 101 cm³/mol. The summed E-state index contributed by atoms with van der Waals surface area (Å²) in [7, 11) is 0. The zero-order valence-electron chi connectivity index (χ0n) is 15.4. The van der Waals surface area contributed by atoms with Crippen LogP contribution in [0.1, 0.15) is 65.3 Å². The largest absolute Gasteiger partial charge is 0.494 e. The van der Waals surface area contributed by atoms with Gasteiger partial charge in [0, 0.05) is 5.56 Å². The Balaban J connectivity index is 1.71. The summed E-state index contributed by atoms with van der Waals surface area (Å²) >= 11 is 0. The van der Waals surface area contributed by atoms with E-state index in [4.69, 9.17) is 4.74 Å². The summed E-state index contributed by atoms with van der Waals surface area (Å²) in [4.78, 5) is 12.6. The molecule has 2 aromatic rings. The van der Waals surface area contributed by atoms with Crippen molar-refractivity contribution < 1.29 is 9.53 Å². The van der Waals surface area contributed by atoms with Gasteiger partial charge in [0.1, 0.15) is 5.75 Å². The average Bonchev–Trinajstić information content (AvgIpc) is 2.63. The third-order valence-corrected chi connectivity index (χ3v) is 4.96. The average molecular weight is 337 g/mol. The number of carbonyl (C=O) groups excluding carboxylic acids is 1. The van der Waals surface area contributed by atoms with Crippen molar-refractivity contribution in [1.82, 2.24) is 5.32 Å². The standard InChI is InChI=1S/C22H27NO2/c1-4-25-21-12-11-20(13-15(21)2)22(24)23-16(3)18-10-9-17-7-5-6-8-19(17)14-18/h9-14,16H,4-8H2,1-3H3,(H,23,24). The fourth-order valence-corrected chi connectivity index (χ4v) is 3.49. The number of hydrogen-bond donors (Lipinski definition) is 1. The van der Waals surface area contributed by atoms with Crippen molar-refractivity contribution in [3.05, 3.63) is 64.2 Å². The highest BCUT2D eigenvalue weighted by molar-refractivity contribution is 5.94. The summed E-state index contributed by atoms with van der Waals surface area (Å²) in [6.07, 6.45) is 4.89. The molecule has 0 aliphatic heterocycles. The monoisotopic (exact) mass is 337 g/mol. The van der Waals surface area contributed by atoms with Crippen LogP contribution in [0.3, 0.4) is 0 Å². The van der Waals surface area contributed by atoms with Gasteiger partial charge in [-0.05, 0) is 86.9 Å². The van der Waals surface area contributed by atoms with E-state index in [9.17, 15) is 4.79 Å². The lowest BCUT2D eigenvalue weighted by Gasteiger charge is -2.20. The number of fused-ring (bicyclic) bond motifs is 1. The van der Waals surface area contributed by atoms with Crippen LogP contribution in [0.4, 0.5) is 0 Å². The van der Waals surface area contributed by atoms with Crippen molar-refractivity contribution in [2.45, 2.75) is 52.5 Å². The van der Waals surface area contributed by atoms with Crippen LogP contribution >= 0.6 is 0 Å². The molecule has 1 aliphatic carbocycles. The summed E-state index contributed by atoms with van der Waals surface area (Å²) < 4.78 is 5.54. The molecule has 3 rings (SSSR count). The molecular weight excluding hydrogens is 310 g/mol. The number of hydrogen-bond acceptors (Lipinski definition) is 2. The molecule has 1 amide bonds. The molecular formula is C22H27NO2. The minimum atomic E-state index is -0.0450. The van der Waals surface area contributed by atoms with Crippen LogP contribution in [-0.2, 0) is 12.8 Å². The second-order valence-electron chi connectivity index (χ2n) is 6.84. The topological polar surface area (TPSA) is 38.3 Å². The summed E-state index contributed by atoms with van der Waals surface area (Å²) in [5.41, 5.74) is 5.75. The molecule has 0 saturated carbocycles. The van der Waals surface area contributed by atoms with E-state index in [1.807, 2.05) is 39.0 Å². The van der Waals surface area contributed by atoms with Gasteiger partial charge in [0.05, 0.1) is 12.6 Å². The number of benzene rings is 2. The van der Waals surface area contributed by atoms with Crippen LogP contribution in [0.2, 0.25) is 0 Å². The molecule has 0 bridgehead atoms. The number of carbonyl (C=O) groups is 1. The van der Waals surface area contributed by atoms with E-state index in [1.165, 1.54) is 36.0 Å². The van der Waals surface area contributed by atoms with Gasteiger partial charge >= 0.3 is 0 Å². The fourth-order valence-electron chi connectivity index (χ4n) is 3.49. The zero-order valence-corrected chi connectivity index (χ0v) is 15.4. The lowest BCUT2D eigenvalue weighted by molar-refractivity contribution is 0.0939. The first-order valence-corrected chi connectivity index (χ1v) is 9.24. The summed E-state index contributed by atoms with van der Waals surface area (Å²) in [5, 5.41) is 3.12. The normalized spacial score (nSPS) is 14.5. The lowest BCUT2D eigenvalue weighted by atomic mass is 9.89. The quantitative estimate of drug-likeness (QED) is 0.854. The number of aryl methyl sites for hydroxylation is 3. The molecule has 1 unspecified atom stereocenters. The molecule has 1 N–H and O–H groups in total. The highest BCUT2D eigenvalue weighted by Crippen LogP contribution is 2.25. The van der Waals surface area contributed by atoms with Gasteiger partial charge in [0.25, 0.3) is 5.91 Å². The van der Waals surface area contributed by atoms with E-state index in [-0.39, 0.29) is 11.9 Å². The molecule has 0 aromatic heterocycles. The Hall–Kier alpha value is -2.29. The molecule has 1 aliphatic rings. The highest BCUT2D eigenvalue weighted by Gasteiger charge is 2.15. The van der Waals surface area contributed by atoms with Crippen molar-refractivity contribution >= 4 is 5.91 Å². The van der Waals surface area contributed by atoms with Crippen molar-refractivity contribution in [3.63, 3.8) is 0 Å². The maximum absolute atomic E-state index is 12.6. The third-order valence-electron chi connectivity index (χ3n) is 4.96. The third kappa shape index (κ3) is 4.04. The van der Waals surface area contributed by atoms with Gasteiger partial charge in [0.2, 0.25) is 0 Å². The smallest absolute Gasteiger partial charge is 0.251 e. The maximum Gasteiger partial charge on any atom is 0.251 e. The number of rotatable bonds is 5. The Morgan fingerprint density at radius 2 is 1.88 bits per heavy atom. The van der Waals surface area contributed by atoms with Crippen molar-refractivity contribution in [2.75, 3.05) is 6.61 Å². The van der Waals surface area contributed by atoms with Crippen LogP contribution in [0, 0.1) is 6.92 Å². The molecule has 2 aromatic carbocycles. The predicted octanol–water partition coefficient (Wildman–Crippen LogP) is 4.76. The Kier molecular flexibility index (Phi) is 5.42. The van der Waals surface area contributed by atoms with Crippen LogP contribution < -0.4 is 10.1 Å². The second kappa shape index (κ2) is 7.73. The van der Waals surface area contributed by atoms with Crippen LogP contribution in [0.5, 0.6) is 5.75 Å². The number of ether oxygens (including phenoxy) is 1. The van der Waals surface area contributed by atoms with Gasteiger partial charge in [0.15, 0.2) is 0 Å². The molecule has 0 saturated heterocycles. The molecule has 1 atom stereocenters. The summed E-state index contributed by atoms with van der Waals surface area (Å²) in [5.74, 6) is 0.790. The van der Waals surface area contributed by atoms with Crippen molar-refractivity contribution in [2.24, 2.45) is 0 Å². The Bertz CT molecular complexity index is 767. The molecule has 0 spiro atoms. The van der Waals surface area contributed by atoms with Gasteiger partial charge in [-0.15, -0.1) is 0 Å². The van der Waals surface area contributed by atoms with Gasteiger partial charge in [-0.3, -0.25) is 4.79 Å². The molecule has 25 heavy (non-hydrogen) atoms. The van der Waals surface area contributed by atoms with E-state index >= 15 is 0 Å². The SMILES string of the molecule is CCOc1ccc(C(=O)NC(C)c2ccc3c(c2)CCCC3)cc1C. The Labute approximate surface area is 150 Å². The molecule has 0 fully saturated rings. The summed E-state index contributed by atoms with van der Waals surface area (Å²) in [6, 6.07) is 12.2. The molecule has 3 heteroatoms. The first-order valence-electron chi connectivity index (χ1n) is 9.24.